The molecule has 0 radical (unpaired) electrons. The first-order chi connectivity index (χ1) is 12.7. The number of hydrogen-bond acceptors (Lipinski definition) is 4. The predicted octanol–water partition coefficient (Wildman–Crippen LogP) is 4.50. The summed E-state index contributed by atoms with van der Waals surface area (Å²) in [6.45, 7) is 0. The highest BCUT2D eigenvalue weighted by Gasteiger charge is 2.30. The zero-order valence-corrected chi connectivity index (χ0v) is 15.1. The molecule has 4 rings (SSSR count). The van der Waals surface area contributed by atoms with Crippen LogP contribution in [0.5, 0.6) is 0 Å². The van der Waals surface area contributed by atoms with E-state index in [4.69, 9.17) is 5.10 Å². The molecule has 0 saturated heterocycles. The van der Waals surface area contributed by atoms with Crippen molar-refractivity contribution in [3.05, 3.63) is 90.3 Å². The first-order valence-electron chi connectivity index (χ1n) is 8.83. The molecule has 0 saturated carbocycles. The van der Waals surface area contributed by atoms with Gasteiger partial charge in [0.2, 0.25) is 0 Å². The highest BCUT2D eigenvalue weighted by Crippen LogP contribution is 2.36. The second kappa shape index (κ2) is 7.00. The number of anilines is 2. The minimum absolute atomic E-state index is 0.172. The van der Waals surface area contributed by atoms with Gasteiger partial charge in [0.25, 0.3) is 0 Å². The predicted molar refractivity (Wildman–Crippen MR) is 108 cm³/mol. The third kappa shape index (κ3) is 3.18. The largest absolute Gasteiger partial charge is 0.378 e. The van der Waals surface area contributed by atoms with Crippen LogP contribution in [-0.2, 0) is 0 Å². The Morgan fingerprint density at radius 2 is 1.62 bits per heavy atom. The lowest BCUT2D eigenvalue weighted by atomic mass is 9.99. The Morgan fingerprint density at radius 3 is 2.27 bits per heavy atom. The molecule has 1 aliphatic rings. The highest BCUT2D eigenvalue weighted by molar-refractivity contribution is 6.01. The van der Waals surface area contributed by atoms with Crippen molar-refractivity contribution >= 4 is 17.1 Å². The first kappa shape index (κ1) is 16.3. The van der Waals surface area contributed by atoms with Crippen LogP contribution in [0.3, 0.4) is 0 Å². The summed E-state index contributed by atoms with van der Waals surface area (Å²) in [5.74, 6) is 0. The van der Waals surface area contributed by atoms with E-state index >= 15 is 0 Å². The zero-order chi connectivity index (χ0) is 17.9. The van der Waals surface area contributed by atoms with Gasteiger partial charge in [-0.15, -0.1) is 0 Å². The Morgan fingerprint density at radius 1 is 0.885 bits per heavy atom. The van der Waals surface area contributed by atoms with Gasteiger partial charge in [-0.2, -0.15) is 5.10 Å². The van der Waals surface area contributed by atoms with Gasteiger partial charge in [-0.3, -0.25) is 9.99 Å². The van der Waals surface area contributed by atoms with E-state index in [9.17, 15) is 0 Å². The van der Waals surface area contributed by atoms with Gasteiger partial charge < -0.3 is 4.90 Å². The van der Waals surface area contributed by atoms with Crippen LogP contribution in [0.4, 0.5) is 11.4 Å². The summed E-state index contributed by atoms with van der Waals surface area (Å²) in [4.78, 5) is 6.60. The van der Waals surface area contributed by atoms with E-state index in [1.165, 1.54) is 11.3 Å². The van der Waals surface area contributed by atoms with Gasteiger partial charge in [0.15, 0.2) is 0 Å². The fraction of sp³-hybridized carbons (Fsp3) is 0.182. The number of nitrogens with zero attached hydrogens (tertiary/aromatic N) is 4. The maximum Gasteiger partial charge on any atom is 0.0890 e. The lowest BCUT2D eigenvalue weighted by molar-refractivity contribution is 0.709. The number of benzene rings is 2. The second-order valence-corrected chi connectivity index (χ2v) is 6.65. The molecule has 2 aromatic carbocycles. The van der Waals surface area contributed by atoms with Crippen LogP contribution in [0.1, 0.15) is 23.7 Å². The van der Waals surface area contributed by atoms with Crippen molar-refractivity contribution in [3.8, 4) is 0 Å². The third-order valence-electron chi connectivity index (χ3n) is 4.69. The summed E-state index contributed by atoms with van der Waals surface area (Å²) >= 11 is 0. The number of pyridine rings is 1. The molecule has 0 aliphatic carbocycles. The van der Waals surface area contributed by atoms with Crippen LogP contribution in [0.2, 0.25) is 0 Å². The number of hydrazone groups is 1. The van der Waals surface area contributed by atoms with E-state index in [-0.39, 0.29) is 6.04 Å². The quantitative estimate of drug-likeness (QED) is 0.699. The van der Waals surface area contributed by atoms with E-state index in [0.717, 1.165) is 23.5 Å². The van der Waals surface area contributed by atoms with Gasteiger partial charge in [0.05, 0.1) is 23.1 Å². The standard InChI is InChI=1S/C22H22N4/c1-25(2)18-13-11-17(12-14-18)22-16-21(20-10-6-7-15-23-20)24-26(22)19-8-4-3-5-9-19/h3-15,22H,16H2,1-2H3. The third-order valence-corrected chi connectivity index (χ3v) is 4.69. The lowest BCUT2D eigenvalue weighted by Crippen LogP contribution is -2.18. The van der Waals surface area contributed by atoms with Gasteiger partial charge in [0.1, 0.15) is 0 Å². The Hall–Kier alpha value is -3.14. The smallest absolute Gasteiger partial charge is 0.0890 e. The molecule has 0 spiro atoms. The molecule has 3 aromatic rings. The first-order valence-corrected chi connectivity index (χ1v) is 8.83. The molecule has 2 heterocycles. The molecule has 0 fully saturated rings. The SMILES string of the molecule is CN(C)c1ccc(C2CC(c3ccccn3)=NN2c2ccccc2)cc1. The average molecular weight is 342 g/mol. The fourth-order valence-corrected chi connectivity index (χ4v) is 3.27. The maximum atomic E-state index is 4.92. The molecule has 130 valence electrons. The van der Waals surface area contributed by atoms with Gasteiger partial charge >= 0.3 is 0 Å². The number of para-hydroxylation sites is 1. The molecule has 4 nitrogen and oxygen atoms in total. The Kier molecular flexibility index (Phi) is 4.40. The minimum atomic E-state index is 0.172. The van der Waals surface area contributed by atoms with Crippen LogP contribution in [0.15, 0.2) is 84.1 Å². The molecular weight excluding hydrogens is 320 g/mol. The Bertz CT molecular complexity index is 886. The molecule has 26 heavy (non-hydrogen) atoms. The Labute approximate surface area is 154 Å². The average Bonchev–Trinajstić information content (AvgIpc) is 3.15. The van der Waals surface area contributed by atoms with Crippen molar-refractivity contribution in [2.75, 3.05) is 24.0 Å². The van der Waals surface area contributed by atoms with E-state index in [2.05, 4.69) is 77.5 Å². The summed E-state index contributed by atoms with van der Waals surface area (Å²) in [7, 11) is 4.12. The second-order valence-electron chi connectivity index (χ2n) is 6.65. The van der Waals surface area contributed by atoms with Crippen LogP contribution in [-0.4, -0.2) is 24.8 Å². The Balaban J connectivity index is 1.71. The molecule has 1 aliphatic heterocycles. The zero-order valence-electron chi connectivity index (χ0n) is 15.1. The summed E-state index contributed by atoms with van der Waals surface area (Å²) < 4.78 is 0. The van der Waals surface area contributed by atoms with Crippen molar-refractivity contribution < 1.29 is 0 Å². The monoisotopic (exact) mass is 342 g/mol. The molecule has 0 bridgehead atoms. The summed E-state index contributed by atoms with van der Waals surface area (Å²) in [6.07, 6.45) is 2.66. The van der Waals surface area contributed by atoms with Crippen molar-refractivity contribution in [1.82, 2.24) is 4.98 Å². The molecule has 1 aromatic heterocycles. The van der Waals surface area contributed by atoms with Crippen molar-refractivity contribution in [3.63, 3.8) is 0 Å². The number of rotatable bonds is 4. The topological polar surface area (TPSA) is 31.7 Å². The summed E-state index contributed by atoms with van der Waals surface area (Å²) in [5, 5.41) is 7.04. The highest BCUT2D eigenvalue weighted by atomic mass is 15.5. The minimum Gasteiger partial charge on any atom is -0.378 e. The normalized spacial score (nSPS) is 16.5. The van der Waals surface area contributed by atoms with Gasteiger partial charge in [-0.25, -0.2) is 0 Å². The van der Waals surface area contributed by atoms with Crippen LogP contribution in [0, 0.1) is 0 Å². The van der Waals surface area contributed by atoms with Gasteiger partial charge in [-0.05, 0) is 42.0 Å². The molecule has 0 amide bonds. The molecule has 1 atom stereocenters. The summed E-state index contributed by atoms with van der Waals surface area (Å²) in [5.41, 5.74) is 5.52. The van der Waals surface area contributed by atoms with Gasteiger partial charge in [0, 0.05) is 32.4 Å². The van der Waals surface area contributed by atoms with Crippen molar-refractivity contribution in [1.29, 1.82) is 0 Å². The lowest BCUT2D eigenvalue weighted by Gasteiger charge is -2.24. The van der Waals surface area contributed by atoms with Gasteiger partial charge in [-0.1, -0.05) is 36.4 Å². The number of hydrogen-bond donors (Lipinski definition) is 0. The molecular formula is C22H22N4. The van der Waals surface area contributed by atoms with E-state index in [0.29, 0.717) is 0 Å². The van der Waals surface area contributed by atoms with Crippen LogP contribution >= 0.6 is 0 Å². The molecule has 4 heteroatoms. The number of aromatic nitrogens is 1. The van der Waals surface area contributed by atoms with Crippen molar-refractivity contribution in [2.24, 2.45) is 5.10 Å². The maximum absolute atomic E-state index is 4.92. The molecule has 0 N–H and O–H groups in total. The molecule has 1 unspecified atom stereocenters. The van der Waals surface area contributed by atoms with Crippen LogP contribution < -0.4 is 9.91 Å². The summed E-state index contributed by atoms with van der Waals surface area (Å²) in [6, 6.07) is 25.2. The van der Waals surface area contributed by atoms with Crippen LogP contribution in [0.25, 0.3) is 0 Å². The van der Waals surface area contributed by atoms with E-state index < -0.39 is 0 Å². The fourth-order valence-electron chi connectivity index (χ4n) is 3.27. The van der Waals surface area contributed by atoms with E-state index in [1.54, 1.807) is 0 Å². The van der Waals surface area contributed by atoms with E-state index in [1.807, 2.05) is 30.5 Å². The van der Waals surface area contributed by atoms with Crippen molar-refractivity contribution in [2.45, 2.75) is 12.5 Å².